The normalized spacial score (nSPS) is 18.4. The highest BCUT2D eigenvalue weighted by atomic mass is 31.3. The van der Waals surface area contributed by atoms with Gasteiger partial charge in [-0.1, -0.05) is 30.4 Å². The summed E-state index contributed by atoms with van der Waals surface area (Å²) < 4.78 is 54.4. The summed E-state index contributed by atoms with van der Waals surface area (Å²) in [6.45, 7) is 8.88. The maximum absolute atomic E-state index is 14.2. The van der Waals surface area contributed by atoms with Gasteiger partial charge in [-0.2, -0.15) is 8.62 Å². The van der Waals surface area contributed by atoms with Gasteiger partial charge in [-0.25, -0.2) is 18.5 Å². The van der Waals surface area contributed by atoms with E-state index in [9.17, 15) is 47.8 Å². The molecule has 5 atom stereocenters. The van der Waals surface area contributed by atoms with E-state index in [1.165, 1.54) is 18.3 Å². The first kappa shape index (κ1) is 53.0. The maximum atomic E-state index is 14.2. The van der Waals surface area contributed by atoms with Crippen molar-refractivity contribution in [2.45, 2.75) is 65.5 Å². The number of phosphoric acid groups is 3. The van der Waals surface area contributed by atoms with Gasteiger partial charge in [0.05, 0.1) is 23.6 Å². The van der Waals surface area contributed by atoms with Gasteiger partial charge >= 0.3 is 29.2 Å². The van der Waals surface area contributed by atoms with Crippen LogP contribution in [0.2, 0.25) is 0 Å². The number of fused-ring (bicyclic) bond motifs is 2. The lowest BCUT2D eigenvalue weighted by molar-refractivity contribution is -0.121. The number of H-pyrrole nitrogens is 1. The van der Waals surface area contributed by atoms with Gasteiger partial charge in [0.1, 0.15) is 11.3 Å². The zero-order valence-electron chi connectivity index (χ0n) is 38.4. The van der Waals surface area contributed by atoms with Gasteiger partial charge in [-0.15, -0.1) is 0 Å². The highest BCUT2D eigenvalue weighted by Crippen LogP contribution is 2.66. The van der Waals surface area contributed by atoms with Crippen LogP contribution in [0.3, 0.4) is 0 Å². The molecule has 1 aromatic heterocycles. The van der Waals surface area contributed by atoms with Crippen molar-refractivity contribution in [3.63, 3.8) is 0 Å². The molecule has 372 valence electrons. The molecule has 1 fully saturated rings. The van der Waals surface area contributed by atoms with Gasteiger partial charge in [0.2, 0.25) is 5.91 Å². The summed E-state index contributed by atoms with van der Waals surface area (Å²) >= 11 is 0. The lowest BCUT2D eigenvalue weighted by Crippen LogP contribution is -2.33. The van der Waals surface area contributed by atoms with E-state index >= 15 is 0 Å². The molecule has 2 unspecified atom stereocenters. The zero-order chi connectivity index (χ0) is 50.4. The van der Waals surface area contributed by atoms with Gasteiger partial charge in [0, 0.05) is 97.7 Å². The number of amides is 2. The standard InChI is InChI=1S/C44H55N6O16P3/c1-6-45-35-22-38-33(18-26(35)3)41(34-19-27(4)36(46-7-2)23-39(34)64-38)31-13-8-9-14-32(31)43(54)49(5)17-11-15-40(52)47-16-10-12-28-24-50(44(55)48-42(28)53)30-20-29(37(51)21-30)25-63-68(59,60)66-69(61,62)65-67(56,57)58/h8-10,12-14,18-19,22-24,29-30,37,45,51H,6-7,11,15-17,20-21,25H2,1-5H3,(H,47,52)(H,59,60)(H,61,62)(H,48,53,55)(H2,56,57,58)/b12-10+,46-36?/t29-,30-,37+/m1/s1. The van der Waals surface area contributed by atoms with Crippen LogP contribution < -0.4 is 27.2 Å². The van der Waals surface area contributed by atoms with Crippen LogP contribution in [0.4, 0.5) is 5.69 Å². The number of phosphoric ester groups is 1. The number of rotatable bonds is 20. The molecule has 25 heteroatoms. The molecule has 22 nitrogen and oxygen atoms in total. The van der Waals surface area contributed by atoms with Crippen molar-refractivity contribution in [2.75, 3.05) is 45.2 Å². The molecule has 0 spiro atoms. The first-order valence-electron chi connectivity index (χ1n) is 21.9. The van der Waals surface area contributed by atoms with Crippen LogP contribution in [0.25, 0.3) is 39.5 Å². The molecule has 2 heterocycles. The number of anilines is 1. The Bertz CT molecular complexity index is 3070. The third-order valence-corrected chi connectivity index (χ3v) is 15.2. The second-order valence-electron chi connectivity index (χ2n) is 16.5. The molecule has 1 saturated carbocycles. The molecule has 0 saturated heterocycles. The van der Waals surface area contributed by atoms with Gasteiger partial charge < -0.3 is 44.6 Å². The van der Waals surface area contributed by atoms with Crippen molar-refractivity contribution in [3.8, 4) is 22.5 Å². The van der Waals surface area contributed by atoms with Crippen LogP contribution in [0.1, 0.15) is 72.6 Å². The van der Waals surface area contributed by atoms with E-state index in [0.717, 1.165) is 55.4 Å². The lowest BCUT2D eigenvalue weighted by Gasteiger charge is -2.22. The number of aliphatic hydroxyl groups excluding tert-OH is 1. The largest absolute Gasteiger partial charge is 0.490 e. The lowest BCUT2D eigenvalue weighted by atomic mass is 9.89. The Morgan fingerprint density at radius 1 is 0.986 bits per heavy atom. The predicted octanol–water partition coefficient (Wildman–Crippen LogP) is 5.36. The predicted molar refractivity (Wildman–Crippen MR) is 255 cm³/mol. The minimum atomic E-state index is -5.75. The minimum Gasteiger partial charge on any atom is -0.456 e. The fraction of sp³-hybridized carbons (Fsp3) is 0.386. The topological polar surface area (TPSA) is 322 Å². The Hall–Kier alpha value is -5.34. The average molecular weight is 1020 g/mol. The summed E-state index contributed by atoms with van der Waals surface area (Å²) in [5.74, 6) is -0.848. The highest BCUT2D eigenvalue weighted by Gasteiger charge is 2.42. The highest BCUT2D eigenvalue weighted by molar-refractivity contribution is 7.66. The van der Waals surface area contributed by atoms with Crippen molar-refractivity contribution < 1.29 is 65.5 Å². The molecular weight excluding hydrogens is 961 g/mol. The number of aromatic amines is 1. The summed E-state index contributed by atoms with van der Waals surface area (Å²) in [5.41, 5.74) is 4.96. The monoisotopic (exact) mass is 1020 g/mol. The van der Waals surface area contributed by atoms with Crippen LogP contribution in [0.15, 0.2) is 79.8 Å². The Morgan fingerprint density at radius 3 is 2.43 bits per heavy atom. The molecule has 2 aliphatic carbocycles. The van der Waals surface area contributed by atoms with E-state index < -0.39 is 59.4 Å². The van der Waals surface area contributed by atoms with Gasteiger partial charge in [-0.3, -0.25) is 33.5 Å². The molecule has 2 aromatic carbocycles. The van der Waals surface area contributed by atoms with Crippen molar-refractivity contribution >= 4 is 58.0 Å². The van der Waals surface area contributed by atoms with E-state index in [2.05, 4.69) is 39.8 Å². The van der Waals surface area contributed by atoms with E-state index in [-0.39, 0.29) is 49.7 Å². The molecular formula is C44H55N6O16P3. The fourth-order valence-electron chi connectivity index (χ4n) is 8.18. The average Bonchev–Trinajstić information content (AvgIpc) is 3.63. The number of hydrogen-bond acceptors (Lipinski definition) is 14. The Balaban J connectivity index is 1.07. The quantitative estimate of drug-likeness (QED) is 0.0359. The number of carbonyl (C=O) groups excluding carboxylic acids is 2. The van der Waals surface area contributed by atoms with Crippen LogP contribution in [0, 0.1) is 19.8 Å². The minimum absolute atomic E-state index is 0.0125. The van der Waals surface area contributed by atoms with Crippen molar-refractivity contribution in [1.82, 2.24) is 19.8 Å². The van der Waals surface area contributed by atoms with Crippen molar-refractivity contribution in [1.29, 1.82) is 0 Å². The fourth-order valence-corrected chi connectivity index (χ4v) is 11.3. The third kappa shape index (κ3) is 13.5. The molecule has 69 heavy (non-hydrogen) atoms. The number of hydrogen-bond donors (Lipinski definition) is 8. The van der Waals surface area contributed by atoms with Gasteiger partial charge in [0.15, 0.2) is 0 Å². The van der Waals surface area contributed by atoms with E-state index in [1.807, 2.05) is 64.1 Å². The van der Waals surface area contributed by atoms with Gasteiger partial charge in [-0.05, 0) is 81.8 Å². The molecule has 8 N–H and O–H groups in total. The number of carbonyl (C=O) groups is 2. The van der Waals surface area contributed by atoms with Crippen molar-refractivity contribution in [3.05, 3.63) is 109 Å². The summed E-state index contributed by atoms with van der Waals surface area (Å²) in [4.78, 5) is 97.5. The summed E-state index contributed by atoms with van der Waals surface area (Å²) in [7, 11) is -15.1. The second-order valence-corrected chi connectivity index (χ2v) is 20.9. The Morgan fingerprint density at radius 2 is 1.72 bits per heavy atom. The number of aryl methyl sites for hydroxylation is 2. The zero-order valence-corrected chi connectivity index (χ0v) is 41.0. The molecule has 2 amide bonds. The SMILES string of the molecule is CCN=c1cc2oc3cc(NCC)c(C)cc3c(-c3ccccc3C(=O)N(C)CCCC(=O)NC/C=C/c3cn([C@@H]4C[C@H](COP(=O)(O)OP(=O)(O)OP(=O)(O)O)[C@@H](O)C4)c(=O)[nH]c3=O)c-2cc1C. The van der Waals surface area contributed by atoms with Crippen LogP contribution in [0.5, 0.6) is 0 Å². The Kier molecular flexibility index (Phi) is 17.0. The molecule has 0 bridgehead atoms. The number of benzene rings is 3. The number of aromatic nitrogens is 2. The van der Waals surface area contributed by atoms with E-state index in [1.54, 1.807) is 18.0 Å². The maximum Gasteiger partial charge on any atom is 0.490 e. The summed E-state index contributed by atoms with van der Waals surface area (Å²) in [5, 5.41) is 18.4. The molecule has 3 aromatic rings. The summed E-state index contributed by atoms with van der Waals surface area (Å²) in [6, 6.07) is 14.7. The van der Waals surface area contributed by atoms with Crippen LogP contribution >= 0.6 is 23.5 Å². The molecule has 0 radical (unpaired) electrons. The van der Waals surface area contributed by atoms with Crippen LogP contribution in [-0.4, -0.2) is 96.9 Å². The first-order valence-corrected chi connectivity index (χ1v) is 26.4. The molecule has 6 rings (SSSR count). The van der Waals surface area contributed by atoms with Gasteiger partial charge in [0.25, 0.3) is 11.5 Å². The number of aliphatic hydroxyl groups is 1. The Labute approximate surface area is 395 Å². The molecule has 1 aliphatic heterocycles. The first-order chi connectivity index (χ1) is 32.5. The number of nitrogens with one attached hydrogen (secondary N) is 3. The number of nitrogens with zero attached hydrogens (tertiary/aromatic N) is 3. The smallest absolute Gasteiger partial charge is 0.456 e. The third-order valence-electron chi connectivity index (χ3n) is 11.4. The molecule has 3 aliphatic rings. The van der Waals surface area contributed by atoms with E-state index in [0.29, 0.717) is 29.9 Å². The second kappa shape index (κ2) is 22.2. The summed E-state index contributed by atoms with van der Waals surface area (Å²) in [6.07, 6.45) is 3.20. The van der Waals surface area contributed by atoms with E-state index in [4.69, 9.17) is 14.2 Å². The van der Waals surface area contributed by atoms with Crippen molar-refractivity contribution in [2.24, 2.45) is 10.9 Å². The van der Waals surface area contributed by atoms with Crippen LogP contribution in [-0.2, 0) is 31.6 Å².